The number of carbonyl (C=O) groups excluding carboxylic acids is 2. The Labute approximate surface area is 241 Å². The van der Waals surface area contributed by atoms with E-state index in [9.17, 15) is 36.4 Å². The topological polar surface area (TPSA) is 104 Å². The SMILES string of the molecule is C[C@@H]1C(=O)C(C#N)=C[C@]2(C)C3=CC(=O)C4C5CC(C)(C)CC[C@]5(NS(=O)(=O)CC(F)(F)F)CC[C@@]4(C)[C@]3(C)CC[C@@H]12. The fraction of sp³-hybridized carbons (Fsp3) is 0.774. The fourth-order valence-electron chi connectivity index (χ4n) is 9.99. The molecule has 0 heterocycles. The summed E-state index contributed by atoms with van der Waals surface area (Å²) in [5.74, 6) is -3.67. The number of nitrogens with zero attached hydrogens (tertiary/aromatic N) is 1. The average molecular weight is 595 g/mol. The van der Waals surface area contributed by atoms with Crippen LogP contribution in [-0.4, -0.2) is 37.5 Å². The third-order valence-corrected chi connectivity index (χ3v) is 13.6. The Morgan fingerprint density at radius 3 is 2.27 bits per heavy atom. The number of alkyl halides is 3. The zero-order valence-corrected chi connectivity index (χ0v) is 25.6. The first-order valence-corrected chi connectivity index (χ1v) is 16.3. The van der Waals surface area contributed by atoms with Crippen molar-refractivity contribution < 1.29 is 31.2 Å². The van der Waals surface area contributed by atoms with Gasteiger partial charge >= 0.3 is 6.18 Å². The Balaban J connectivity index is 1.64. The molecule has 0 amide bonds. The Hall–Kier alpha value is -1.99. The van der Waals surface area contributed by atoms with Gasteiger partial charge in [-0.1, -0.05) is 53.2 Å². The van der Waals surface area contributed by atoms with Crippen LogP contribution in [0.2, 0.25) is 0 Å². The highest BCUT2D eigenvalue weighted by Gasteiger charge is 2.69. The van der Waals surface area contributed by atoms with Gasteiger partial charge in [-0.25, -0.2) is 13.1 Å². The second-order valence-electron chi connectivity index (χ2n) is 15.0. The van der Waals surface area contributed by atoms with Crippen LogP contribution in [0, 0.1) is 56.7 Å². The number of carbonyl (C=O) groups is 2. The van der Waals surface area contributed by atoms with E-state index in [2.05, 4.69) is 38.5 Å². The molecule has 3 fully saturated rings. The number of allylic oxidation sites excluding steroid dienone is 4. The molecule has 5 rings (SSSR count). The quantitative estimate of drug-likeness (QED) is 0.429. The van der Waals surface area contributed by atoms with E-state index in [0.29, 0.717) is 32.1 Å². The maximum Gasteiger partial charge on any atom is 0.404 e. The Morgan fingerprint density at radius 2 is 1.66 bits per heavy atom. The van der Waals surface area contributed by atoms with E-state index in [1.807, 2.05) is 13.8 Å². The van der Waals surface area contributed by atoms with Crippen molar-refractivity contribution in [2.45, 2.75) is 98.2 Å². The third-order valence-electron chi connectivity index (χ3n) is 12.2. The lowest BCUT2D eigenvalue weighted by molar-refractivity contribution is -0.157. The molecular weight excluding hydrogens is 553 g/mol. The first-order valence-electron chi connectivity index (χ1n) is 14.7. The zero-order chi connectivity index (χ0) is 30.6. The molecule has 0 radical (unpaired) electrons. The van der Waals surface area contributed by atoms with Gasteiger partial charge in [-0.2, -0.15) is 18.4 Å². The zero-order valence-electron chi connectivity index (χ0n) is 24.7. The summed E-state index contributed by atoms with van der Waals surface area (Å²) in [5, 5.41) is 9.75. The van der Waals surface area contributed by atoms with Gasteiger partial charge in [0, 0.05) is 22.8 Å². The number of Topliss-reactive ketones (excluding diaryl/α,β-unsaturated/α-hetero) is 1. The van der Waals surface area contributed by atoms with Crippen LogP contribution < -0.4 is 4.72 Å². The van der Waals surface area contributed by atoms with Crippen LogP contribution in [0.3, 0.4) is 0 Å². The van der Waals surface area contributed by atoms with E-state index in [1.165, 1.54) is 0 Å². The van der Waals surface area contributed by atoms with Crippen LogP contribution in [0.4, 0.5) is 13.2 Å². The van der Waals surface area contributed by atoms with Crippen LogP contribution in [0.5, 0.6) is 0 Å². The standard InChI is InChI=1S/C31H41F3N2O4S/c1-18-20-7-8-28(5)23(27(20,4)14-19(16-35)25(18)38)13-22(37)24-21-15-26(2,3)9-11-30(21,12-10-29(24,28)6)36-41(39,40)17-31(32,33)34/h13-14,18,20-21,24,36H,7-12,15,17H2,1-6H3/t18-,20-,21?,24?,27-,28+,29+,30-/m0/s1. The van der Waals surface area contributed by atoms with Crippen molar-refractivity contribution in [3.63, 3.8) is 0 Å². The van der Waals surface area contributed by atoms with Gasteiger partial charge in [0.2, 0.25) is 10.0 Å². The Kier molecular flexibility index (Phi) is 6.70. The molecule has 2 unspecified atom stereocenters. The summed E-state index contributed by atoms with van der Waals surface area (Å²) in [6.45, 7) is 12.3. The lowest BCUT2D eigenvalue weighted by Crippen LogP contribution is -2.69. The number of hydrogen-bond donors (Lipinski definition) is 1. The highest BCUT2D eigenvalue weighted by molar-refractivity contribution is 7.89. The van der Waals surface area contributed by atoms with Gasteiger partial charge in [-0.05, 0) is 79.1 Å². The number of hydrogen-bond acceptors (Lipinski definition) is 5. The van der Waals surface area contributed by atoms with Crippen LogP contribution in [-0.2, 0) is 19.6 Å². The molecular formula is C31H41F3N2O4S. The molecule has 8 atom stereocenters. The van der Waals surface area contributed by atoms with Crippen LogP contribution in [0.25, 0.3) is 0 Å². The minimum absolute atomic E-state index is 0.0511. The van der Waals surface area contributed by atoms with E-state index < -0.39 is 55.6 Å². The van der Waals surface area contributed by atoms with Crippen molar-refractivity contribution in [3.05, 3.63) is 23.3 Å². The minimum Gasteiger partial charge on any atom is -0.295 e. The molecule has 0 aromatic heterocycles. The molecule has 0 aromatic carbocycles. The number of halogens is 3. The Morgan fingerprint density at radius 1 is 1.02 bits per heavy atom. The number of nitrogens with one attached hydrogen (secondary N) is 1. The maximum atomic E-state index is 14.4. The minimum atomic E-state index is -4.87. The van der Waals surface area contributed by atoms with Gasteiger partial charge in [0.1, 0.15) is 6.07 Å². The smallest absolute Gasteiger partial charge is 0.295 e. The van der Waals surface area contributed by atoms with E-state index in [4.69, 9.17) is 0 Å². The molecule has 6 nitrogen and oxygen atoms in total. The third kappa shape index (κ3) is 4.47. The van der Waals surface area contributed by atoms with E-state index in [0.717, 1.165) is 18.4 Å². The van der Waals surface area contributed by atoms with Gasteiger partial charge in [-0.3, -0.25) is 9.59 Å². The largest absolute Gasteiger partial charge is 0.404 e. The van der Waals surface area contributed by atoms with Crippen molar-refractivity contribution >= 4 is 21.6 Å². The number of nitriles is 1. The van der Waals surface area contributed by atoms with Gasteiger partial charge in [-0.15, -0.1) is 0 Å². The summed E-state index contributed by atoms with van der Waals surface area (Å²) in [6, 6.07) is 2.07. The summed E-state index contributed by atoms with van der Waals surface area (Å²) < 4.78 is 67.9. The molecule has 3 saturated carbocycles. The maximum absolute atomic E-state index is 14.4. The molecule has 0 bridgehead atoms. The Bertz CT molecular complexity index is 1410. The summed E-state index contributed by atoms with van der Waals surface area (Å²) in [5.41, 5.74) is -2.00. The molecule has 10 heteroatoms. The van der Waals surface area contributed by atoms with Gasteiger partial charge < -0.3 is 0 Å². The van der Waals surface area contributed by atoms with Crippen molar-refractivity contribution in [2.24, 2.45) is 45.3 Å². The summed E-state index contributed by atoms with van der Waals surface area (Å²) >= 11 is 0. The lowest BCUT2D eigenvalue weighted by atomic mass is 9.36. The predicted octanol–water partition coefficient (Wildman–Crippen LogP) is 6.05. The summed E-state index contributed by atoms with van der Waals surface area (Å²) in [4.78, 5) is 27.3. The number of ketones is 2. The van der Waals surface area contributed by atoms with Crippen molar-refractivity contribution in [3.8, 4) is 6.07 Å². The molecule has 5 aliphatic carbocycles. The molecule has 0 saturated heterocycles. The predicted molar refractivity (Wildman–Crippen MR) is 148 cm³/mol. The van der Waals surface area contributed by atoms with Crippen molar-refractivity contribution in [1.29, 1.82) is 5.26 Å². The summed E-state index contributed by atoms with van der Waals surface area (Å²) in [7, 11) is -4.69. The number of fused-ring (bicyclic) bond motifs is 7. The molecule has 0 aromatic rings. The number of rotatable bonds is 3. The normalized spacial score (nSPS) is 43.9. The monoisotopic (exact) mass is 594 g/mol. The molecule has 226 valence electrons. The molecule has 1 N–H and O–H groups in total. The highest BCUT2D eigenvalue weighted by Crippen LogP contribution is 2.72. The lowest BCUT2D eigenvalue weighted by Gasteiger charge is -2.68. The van der Waals surface area contributed by atoms with Gasteiger partial charge in [0.05, 0.1) is 5.57 Å². The molecule has 5 aliphatic rings. The van der Waals surface area contributed by atoms with Crippen LogP contribution in [0.1, 0.15) is 86.5 Å². The van der Waals surface area contributed by atoms with Crippen LogP contribution >= 0.6 is 0 Å². The molecule has 0 spiro atoms. The van der Waals surface area contributed by atoms with Crippen LogP contribution in [0.15, 0.2) is 23.3 Å². The first-order chi connectivity index (χ1) is 18.6. The average Bonchev–Trinajstić information content (AvgIpc) is 2.82. The van der Waals surface area contributed by atoms with Crippen molar-refractivity contribution in [2.75, 3.05) is 5.75 Å². The molecule has 41 heavy (non-hydrogen) atoms. The van der Waals surface area contributed by atoms with E-state index >= 15 is 0 Å². The van der Waals surface area contributed by atoms with Crippen molar-refractivity contribution in [1.82, 2.24) is 4.72 Å². The second kappa shape index (κ2) is 9.01. The highest BCUT2D eigenvalue weighted by atomic mass is 32.2. The molecule has 0 aliphatic heterocycles. The number of sulfonamides is 1. The van der Waals surface area contributed by atoms with Gasteiger partial charge in [0.15, 0.2) is 17.3 Å². The van der Waals surface area contributed by atoms with Gasteiger partial charge in [0.25, 0.3) is 0 Å². The fourth-order valence-corrected chi connectivity index (χ4v) is 11.5. The summed E-state index contributed by atoms with van der Waals surface area (Å²) in [6.07, 6.45) is 2.44. The second-order valence-corrected chi connectivity index (χ2v) is 16.8. The van der Waals surface area contributed by atoms with E-state index in [1.54, 1.807) is 12.2 Å². The van der Waals surface area contributed by atoms with E-state index in [-0.39, 0.29) is 34.4 Å². The first kappa shape index (κ1) is 30.5.